The molecule has 0 aliphatic heterocycles. The Morgan fingerprint density at radius 3 is 2.39 bits per heavy atom. The number of aromatic nitrogens is 2. The van der Waals surface area contributed by atoms with E-state index in [1.165, 1.54) is 25.7 Å². The minimum absolute atomic E-state index is 0.137. The average Bonchev–Trinajstić information content (AvgIpc) is 2.80. The summed E-state index contributed by atoms with van der Waals surface area (Å²) in [5, 5.41) is 2.97. The first-order chi connectivity index (χ1) is 15.2. The van der Waals surface area contributed by atoms with E-state index in [1.807, 2.05) is 60.4 Å². The molecule has 31 heavy (non-hydrogen) atoms. The lowest BCUT2D eigenvalue weighted by molar-refractivity contribution is 0.0952. The molecule has 5 heteroatoms. The lowest BCUT2D eigenvalue weighted by atomic mass is 10.1. The number of hydrogen-bond acceptors (Lipinski definition) is 4. The number of para-hydroxylation sites is 1. The van der Waals surface area contributed by atoms with E-state index >= 15 is 0 Å². The summed E-state index contributed by atoms with van der Waals surface area (Å²) >= 11 is 0. The highest BCUT2D eigenvalue weighted by molar-refractivity contribution is 5.93. The smallest absolute Gasteiger partial charge is 0.254 e. The number of nitrogens with one attached hydrogen (secondary N) is 1. The van der Waals surface area contributed by atoms with Gasteiger partial charge in [0.15, 0.2) is 0 Å². The average molecular weight is 419 g/mol. The highest BCUT2D eigenvalue weighted by Gasteiger charge is 2.16. The predicted octanol–water partition coefficient (Wildman–Crippen LogP) is 6.35. The summed E-state index contributed by atoms with van der Waals surface area (Å²) in [5.74, 6) is 0.353. The number of unbranched alkanes of at least 4 members (excludes halogenated alkanes) is 5. The van der Waals surface area contributed by atoms with Gasteiger partial charge in [-0.1, -0.05) is 76.0 Å². The van der Waals surface area contributed by atoms with Crippen molar-refractivity contribution in [3.05, 3.63) is 84.9 Å². The van der Waals surface area contributed by atoms with E-state index in [0.29, 0.717) is 18.1 Å². The van der Waals surface area contributed by atoms with Crippen LogP contribution in [0.3, 0.4) is 0 Å². The SMILES string of the molecule is C=C/C=C(\C=C/C)N(c1ccccc1)c1ncc(C(=O)NCCCCCCCC)cn1. The summed E-state index contributed by atoms with van der Waals surface area (Å²) in [4.78, 5) is 23.3. The number of carbonyl (C=O) groups excluding carboxylic acids is 1. The van der Waals surface area contributed by atoms with Gasteiger partial charge in [0.05, 0.1) is 5.56 Å². The normalized spacial score (nSPS) is 11.5. The van der Waals surface area contributed by atoms with Gasteiger partial charge in [-0.3, -0.25) is 9.69 Å². The minimum Gasteiger partial charge on any atom is -0.352 e. The van der Waals surface area contributed by atoms with Crippen LogP contribution in [0, 0.1) is 0 Å². The van der Waals surface area contributed by atoms with Crippen molar-refractivity contribution < 1.29 is 4.79 Å². The van der Waals surface area contributed by atoms with Crippen molar-refractivity contribution in [2.45, 2.75) is 52.4 Å². The molecule has 0 aliphatic carbocycles. The van der Waals surface area contributed by atoms with E-state index in [9.17, 15) is 4.79 Å². The van der Waals surface area contributed by atoms with Gasteiger partial charge in [0, 0.05) is 30.3 Å². The van der Waals surface area contributed by atoms with Crippen molar-refractivity contribution in [1.29, 1.82) is 0 Å². The Balaban J connectivity index is 2.08. The fraction of sp³-hybridized carbons (Fsp3) is 0.346. The molecular weight excluding hydrogens is 384 g/mol. The molecule has 1 amide bonds. The zero-order valence-corrected chi connectivity index (χ0v) is 18.8. The number of benzene rings is 1. The summed E-state index contributed by atoms with van der Waals surface area (Å²) in [6.07, 6.45) is 17.9. The Kier molecular flexibility index (Phi) is 10.8. The van der Waals surface area contributed by atoms with Crippen molar-refractivity contribution in [2.24, 2.45) is 0 Å². The number of anilines is 2. The summed E-state index contributed by atoms with van der Waals surface area (Å²) in [7, 11) is 0. The van der Waals surface area contributed by atoms with Gasteiger partial charge in [-0.25, -0.2) is 9.97 Å². The van der Waals surface area contributed by atoms with E-state index in [0.717, 1.165) is 24.2 Å². The zero-order chi connectivity index (χ0) is 22.3. The Hall–Kier alpha value is -3.21. The van der Waals surface area contributed by atoms with E-state index in [4.69, 9.17) is 0 Å². The van der Waals surface area contributed by atoms with E-state index in [-0.39, 0.29) is 5.91 Å². The van der Waals surface area contributed by atoms with Gasteiger partial charge in [-0.2, -0.15) is 0 Å². The van der Waals surface area contributed by atoms with Gasteiger partial charge in [0.25, 0.3) is 5.91 Å². The molecule has 0 bridgehead atoms. The first kappa shape index (κ1) is 24.1. The Morgan fingerprint density at radius 1 is 1.06 bits per heavy atom. The van der Waals surface area contributed by atoms with Crippen molar-refractivity contribution in [3.8, 4) is 0 Å². The second-order valence-electron chi connectivity index (χ2n) is 7.29. The number of carbonyl (C=O) groups is 1. The highest BCUT2D eigenvalue weighted by atomic mass is 16.1. The van der Waals surface area contributed by atoms with Crippen LogP contribution in [0.25, 0.3) is 0 Å². The molecule has 2 rings (SSSR count). The molecule has 0 aliphatic rings. The van der Waals surface area contributed by atoms with Crippen molar-refractivity contribution in [1.82, 2.24) is 15.3 Å². The van der Waals surface area contributed by atoms with Gasteiger partial charge in [-0.05, 0) is 37.6 Å². The maximum absolute atomic E-state index is 12.4. The molecule has 0 spiro atoms. The highest BCUT2D eigenvalue weighted by Crippen LogP contribution is 2.27. The quantitative estimate of drug-likeness (QED) is 0.304. The molecule has 0 fully saturated rings. The molecule has 1 aromatic heterocycles. The fourth-order valence-corrected chi connectivity index (χ4v) is 3.22. The van der Waals surface area contributed by atoms with Crippen LogP contribution in [-0.2, 0) is 0 Å². The second-order valence-corrected chi connectivity index (χ2v) is 7.29. The number of amides is 1. The molecule has 164 valence electrons. The van der Waals surface area contributed by atoms with Crippen LogP contribution in [0.2, 0.25) is 0 Å². The monoisotopic (exact) mass is 418 g/mol. The second kappa shape index (κ2) is 13.9. The lowest BCUT2D eigenvalue weighted by Gasteiger charge is -2.23. The van der Waals surface area contributed by atoms with Gasteiger partial charge in [-0.15, -0.1) is 0 Å². The molecule has 5 nitrogen and oxygen atoms in total. The first-order valence-electron chi connectivity index (χ1n) is 11.1. The number of nitrogens with zero attached hydrogens (tertiary/aromatic N) is 3. The molecule has 1 aromatic carbocycles. The zero-order valence-electron chi connectivity index (χ0n) is 18.8. The summed E-state index contributed by atoms with van der Waals surface area (Å²) in [6.45, 7) is 8.66. The maximum atomic E-state index is 12.4. The molecule has 0 saturated carbocycles. The molecule has 0 radical (unpaired) electrons. The number of allylic oxidation sites excluding steroid dienone is 4. The van der Waals surface area contributed by atoms with Gasteiger partial charge in [0.1, 0.15) is 0 Å². The summed E-state index contributed by atoms with van der Waals surface area (Å²) in [5.41, 5.74) is 2.26. The van der Waals surface area contributed by atoms with Crippen LogP contribution in [0.5, 0.6) is 0 Å². The Morgan fingerprint density at radius 2 is 1.74 bits per heavy atom. The molecule has 0 atom stereocenters. The first-order valence-corrected chi connectivity index (χ1v) is 11.1. The van der Waals surface area contributed by atoms with Gasteiger partial charge in [0.2, 0.25) is 5.95 Å². The minimum atomic E-state index is -0.137. The van der Waals surface area contributed by atoms with E-state index in [2.05, 4.69) is 28.8 Å². The Bertz CT molecular complexity index is 857. The number of hydrogen-bond donors (Lipinski definition) is 1. The van der Waals surface area contributed by atoms with Crippen LogP contribution in [0.15, 0.2) is 79.3 Å². The van der Waals surface area contributed by atoms with E-state index in [1.54, 1.807) is 18.5 Å². The molecule has 1 N–H and O–H groups in total. The summed E-state index contributed by atoms with van der Waals surface area (Å²) < 4.78 is 0. The summed E-state index contributed by atoms with van der Waals surface area (Å²) in [6, 6.07) is 9.88. The van der Waals surface area contributed by atoms with Crippen molar-refractivity contribution in [3.63, 3.8) is 0 Å². The largest absolute Gasteiger partial charge is 0.352 e. The van der Waals surface area contributed by atoms with Crippen LogP contribution in [-0.4, -0.2) is 22.4 Å². The van der Waals surface area contributed by atoms with Crippen LogP contribution < -0.4 is 10.2 Å². The maximum Gasteiger partial charge on any atom is 0.254 e. The lowest BCUT2D eigenvalue weighted by Crippen LogP contribution is -2.25. The fourth-order valence-electron chi connectivity index (χ4n) is 3.22. The van der Waals surface area contributed by atoms with Crippen molar-refractivity contribution >= 4 is 17.5 Å². The molecule has 0 unspecified atom stereocenters. The van der Waals surface area contributed by atoms with Gasteiger partial charge >= 0.3 is 0 Å². The van der Waals surface area contributed by atoms with Crippen molar-refractivity contribution in [2.75, 3.05) is 11.4 Å². The molecule has 2 aromatic rings. The molecular formula is C26H34N4O. The van der Waals surface area contributed by atoms with Crippen LogP contribution in [0.1, 0.15) is 62.7 Å². The van der Waals surface area contributed by atoms with Gasteiger partial charge < -0.3 is 5.32 Å². The molecule has 1 heterocycles. The number of rotatable bonds is 13. The third-order valence-corrected chi connectivity index (χ3v) is 4.81. The standard InChI is InChI=1S/C26H34N4O/c1-4-7-8-9-10-14-19-27-25(31)22-20-28-26(29-21-22)30(23(15-5-2)16-6-3)24-17-12-11-13-18-24/h5-6,11-13,15-18,20-21H,2,4,7-10,14,19H2,1,3H3,(H,27,31)/b16-6-,23-15+. The van der Waals surface area contributed by atoms with E-state index < -0.39 is 0 Å². The third-order valence-electron chi connectivity index (χ3n) is 4.81. The topological polar surface area (TPSA) is 58.1 Å². The van der Waals surface area contributed by atoms with Crippen LogP contribution >= 0.6 is 0 Å². The molecule has 0 saturated heterocycles. The van der Waals surface area contributed by atoms with Crippen LogP contribution in [0.4, 0.5) is 11.6 Å². The predicted molar refractivity (Wildman–Crippen MR) is 129 cm³/mol. The third kappa shape index (κ3) is 7.85. The Labute approximate surface area is 186 Å².